The molecular weight excluding hydrogens is 450 g/mol. The number of pyridine rings is 2. The number of piperazine rings is 1. The normalized spacial score (nSPS) is 23.7. The molecule has 0 spiro atoms. The predicted octanol–water partition coefficient (Wildman–Crippen LogP) is 4.45. The molecule has 0 radical (unpaired) electrons. The summed E-state index contributed by atoms with van der Waals surface area (Å²) in [5.74, 6) is 1.97. The van der Waals surface area contributed by atoms with Crippen molar-refractivity contribution in [3.63, 3.8) is 0 Å². The Morgan fingerprint density at radius 2 is 2.08 bits per heavy atom. The van der Waals surface area contributed by atoms with E-state index in [0.29, 0.717) is 36.9 Å². The standard InChI is InChI=1S/C29H33N5O2/c1-3-22-14-21(8-10-31-22)27-18(2)24(16-30)29(32-28(27)20-6-7-20)33-11-12-34(25(17-33)19-4-5-19)26(35)15-23-9-13-36-23/h3,8,10,14,19-20,23,25H,1,4-7,9,11-13,15,17H2,2H3/t23-,25-/m0/s1. The fourth-order valence-electron chi connectivity index (χ4n) is 5.76. The van der Waals surface area contributed by atoms with Crippen LogP contribution in [-0.2, 0) is 9.53 Å². The van der Waals surface area contributed by atoms with Gasteiger partial charge in [0.05, 0.1) is 35.5 Å². The van der Waals surface area contributed by atoms with Gasteiger partial charge >= 0.3 is 0 Å². The number of anilines is 1. The Balaban J connectivity index is 1.34. The van der Waals surface area contributed by atoms with Crippen molar-refractivity contribution < 1.29 is 9.53 Å². The number of aromatic nitrogens is 2. The summed E-state index contributed by atoms with van der Waals surface area (Å²) in [5.41, 5.74) is 5.64. The van der Waals surface area contributed by atoms with Crippen LogP contribution < -0.4 is 4.90 Å². The summed E-state index contributed by atoms with van der Waals surface area (Å²) >= 11 is 0. The molecule has 2 aliphatic carbocycles. The number of hydrogen-bond donors (Lipinski definition) is 0. The van der Waals surface area contributed by atoms with Gasteiger partial charge in [-0.15, -0.1) is 0 Å². The first-order valence-corrected chi connectivity index (χ1v) is 13.3. The van der Waals surface area contributed by atoms with Gasteiger partial charge in [0.15, 0.2) is 0 Å². The summed E-state index contributed by atoms with van der Waals surface area (Å²) in [6, 6.07) is 6.70. The molecule has 186 valence electrons. The highest BCUT2D eigenvalue weighted by atomic mass is 16.5. The van der Waals surface area contributed by atoms with E-state index in [1.807, 2.05) is 12.1 Å². The maximum absolute atomic E-state index is 13.1. The van der Waals surface area contributed by atoms with Gasteiger partial charge in [0.2, 0.25) is 5.91 Å². The van der Waals surface area contributed by atoms with Gasteiger partial charge in [-0.05, 0) is 74.3 Å². The largest absolute Gasteiger partial charge is 0.377 e. The van der Waals surface area contributed by atoms with E-state index in [1.165, 1.54) is 12.8 Å². The number of nitriles is 1. The van der Waals surface area contributed by atoms with Crippen LogP contribution >= 0.6 is 0 Å². The zero-order valence-electron chi connectivity index (χ0n) is 20.9. The monoisotopic (exact) mass is 483 g/mol. The van der Waals surface area contributed by atoms with E-state index in [2.05, 4.69) is 34.4 Å². The van der Waals surface area contributed by atoms with Crippen molar-refractivity contribution in [3.8, 4) is 17.2 Å². The highest BCUT2D eigenvalue weighted by Gasteiger charge is 2.42. The lowest BCUT2D eigenvalue weighted by Crippen LogP contribution is -2.57. The zero-order chi connectivity index (χ0) is 24.8. The quantitative estimate of drug-likeness (QED) is 0.579. The minimum Gasteiger partial charge on any atom is -0.377 e. The van der Waals surface area contributed by atoms with Crippen molar-refractivity contribution in [2.24, 2.45) is 5.92 Å². The van der Waals surface area contributed by atoms with Crippen molar-refractivity contribution in [2.45, 2.75) is 63.5 Å². The number of nitrogens with zero attached hydrogens (tertiary/aromatic N) is 5. The van der Waals surface area contributed by atoms with Crippen LogP contribution in [0.1, 0.15) is 67.0 Å². The van der Waals surface area contributed by atoms with Crippen LogP contribution in [0, 0.1) is 24.2 Å². The fourth-order valence-corrected chi connectivity index (χ4v) is 5.76. The molecule has 6 rings (SSSR count). The summed E-state index contributed by atoms with van der Waals surface area (Å²) in [7, 11) is 0. The second-order valence-electron chi connectivity index (χ2n) is 10.7. The summed E-state index contributed by atoms with van der Waals surface area (Å²) in [4.78, 5) is 27.1. The minimum atomic E-state index is 0.0910. The van der Waals surface area contributed by atoms with Crippen molar-refractivity contribution >= 4 is 17.8 Å². The van der Waals surface area contributed by atoms with Gasteiger partial charge in [-0.2, -0.15) is 5.26 Å². The molecule has 1 amide bonds. The fraction of sp³-hybridized carbons (Fsp3) is 0.517. The van der Waals surface area contributed by atoms with Crippen LogP contribution in [0.25, 0.3) is 17.2 Å². The Morgan fingerprint density at radius 1 is 1.28 bits per heavy atom. The first-order valence-electron chi connectivity index (χ1n) is 13.3. The third-order valence-electron chi connectivity index (χ3n) is 8.21. The van der Waals surface area contributed by atoms with Gasteiger partial charge in [0.25, 0.3) is 0 Å². The maximum atomic E-state index is 13.1. The van der Waals surface area contributed by atoms with Crippen LogP contribution in [0.3, 0.4) is 0 Å². The van der Waals surface area contributed by atoms with Gasteiger partial charge < -0.3 is 14.5 Å². The van der Waals surface area contributed by atoms with E-state index in [0.717, 1.165) is 66.3 Å². The number of amides is 1. The second-order valence-corrected chi connectivity index (χ2v) is 10.7. The number of carbonyl (C=O) groups is 1. The van der Waals surface area contributed by atoms with E-state index in [4.69, 9.17) is 9.72 Å². The Bertz CT molecular complexity index is 1240. The Morgan fingerprint density at radius 3 is 2.72 bits per heavy atom. The Kier molecular flexibility index (Phi) is 6.00. The van der Waals surface area contributed by atoms with E-state index in [9.17, 15) is 10.1 Å². The minimum absolute atomic E-state index is 0.0910. The number of rotatable bonds is 7. The zero-order valence-corrected chi connectivity index (χ0v) is 20.9. The molecule has 2 saturated heterocycles. The molecule has 0 N–H and O–H groups in total. The van der Waals surface area contributed by atoms with Crippen molar-refractivity contribution in [3.05, 3.63) is 47.4 Å². The molecule has 4 aliphatic rings. The van der Waals surface area contributed by atoms with Crippen molar-refractivity contribution in [2.75, 3.05) is 31.1 Å². The first-order chi connectivity index (χ1) is 17.6. The molecule has 0 bridgehead atoms. The van der Waals surface area contributed by atoms with Gasteiger partial charge in [0, 0.05) is 43.9 Å². The molecule has 2 aliphatic heterocycles. The molecule has 2 aromatic rings. The topological polar surface area (TPSA) is 82.4 Å². The average Bonchev–Trinajstić information content (AvgIpc) is 3.78. The molecule has 2 saturated carbocycles. The SMILES string of the molecule is C=Cc1cc(-c2c(C3CC3)nc(N3CCN(C(=O)C[C@@H]4CCO4)[C@H](C4CC4)C3)c(C#N)c2C)ccn1. The lowest BCUT2D eigenvalue weighted by atomic mass is 9.93. The van der Waals surface area contributed by atoms with Crippen LogP contribution in [0.15, 0.2) is 24.9 Å². The van der Waals surface area contributed by atoms with Gasteiger partial charge in [-0.1, -0.05) is 6.58 Å². The third-order valence-corrected chi connectivity index (χ3v) is 8.21. The summed E-state index contributed by atoms with van der Waals surface area (Å²) in [6.45, 7) is 8.79. The van der Waals surface area contributed by atoms with Gasteiger partial charge in [-0.3, -0.25) is 9.78 Å². The molecule has 4 heterocycles. The molecular formula is C29H33N5O2. The van der Waals surface area contributed by atoms with Gasteiger partial charge in [-0.25, -0.2) is 4.98 Å². The molecule has 36 heavy (non-hydrogen) atoms. The highest BCUT2D eigenvalue weighted by molar-refractivity contribution is 5.79. The first kappa shape index (κ1) is 23.2. The molecule has 4 fully saturated rings. The maximum Gasteiger partial charge on any atom is 0.225 e. The van der Waals surface area contributed by atoms with Crippen LogP contribution in [-0.4, -0.2) is 59.2 Å². The Labute approximate surface area is 212 Å². The molecule has 0 unspecified atom stereocenters. The molecule has 2 aromatic heterocycles. The van der Waals surface area contributed by atoms with Crippen LogP contribution in [0.2, 0.25) is 0 Å². The summed E-state index contributed by atoms with van der Waals surface area (Å²) in [6.07, 6.45) is 9.69. The lowest BCUT2D eigenvalue weighted by Gasteiger charge is -2.43. The molecule has 2 atom stereocenters. The molecule has 7 heteroatoms. The Hall–Kier alpha value is -3.24. The number of hydrogen-bond acceptors (Lipinski definition) is 6. The summed E-state index contributed by atoms with van der Waals surface area (Å²) < 4.78 is 5.53. The molecule has 7 nitrogen and oxygen atoms in total. The number of carbonyl (C=O) groups excluding carboxylic acids is 1. The van der Waals surface area contributed by atoms with Gasteiger partial charge in [0.1, 0.15) is 11.9 Å². The van der Waals surface area contributed by atoms with Crippen LogP contribution in [0.5, 0.6) is 0 Å². The van der Waals surface area contributed by atoms with E-state index < -0.39 is 0 Å². The predicted molar refractivity (Wildman–Crippen MR) is 138 cm³/mol. The van der Waals surface area contributed by atoms with E-state index in [-0.39, 0.29) is 18.1 Å². The van der Waals surface area contributed by atoms with E-state index >= 15 is 0 Å². The smallest absolute Gasteiger partial charge is 0.225 e. The van der Waals surface area contributed by atoms with Crippen LogP contribution in [0.4, 0.5) is 5.82 Å². The van der Waals surface area contributed by atoms with Crippen molar-refractivity contribution in [1.29, 1.82) is 5.26 Å². The summed E-state index contributed by atoms with van der Waals surface area (Å²) in [5, 5.41) is 10.3. The average molecular weight is 484 g/mol. The molecule has 0 aromatic carbocycles. The highest BCUT2D eigenvalue weighted by Crippen LogP contribution is 2.47. The van der Waals surface area contributed by atoms with E-state index in [1.54, 1.807) is 12.3 Å². The second kappa shape index (κ2) is 9.33. The third kappa shape index (κ3) is 4.28. The number of ether oxygens (including phenoxy) is 1. The lowest BCUT2D eigenvalue weighted by molar-refractivity contribution is -0.142. The van der Waals surface area contributed by atoms with Crippen molar-refractivity contribution in [1.82, 2.24) is 14.9 Å².